The van der Waals surface area contributed by atoms with Crippen molar-refractivity contribution in [2.75, 3.05) is 12.4 Å². The number of furan rings is 1. The van der Waals surface area contributed by atoms with Gasteiger partial charge in [0.2, 0.25) is 0 Å². The number of anilines is 1. The van der Waals surface area contributed by atoms with E-state index in [-0.39, 0.29) is 28.4 Å². The summed E-state index contributed by atoms with van der Waals surface area (Å²) in [6.45, 7) is 5.31. The number of nitro benzene ring substituents is 1. The number of nitro groups is 1. The first kappa shape index (κ1) is 20.1. The highest BCUT2D eigenvalue weighted by atomic mass is 16.6. The third-order valence-corrected chi connectivity index (χ3v) is 4.82. The van der Waals surface area contributed by atoms with Crippen LogP contribution in [0.3, 0.4) is 0 Å². The van der Waals surface area contributed by atoms with Crippen LogP contribution >= 0.6 is 0 Å². The molecule has 0 aliphatic rings. The molecule has 0 aliphatic carbocycles. The molecule has 0 radical (unpaired) electrons. The highest BCUT2D eigenvalue weighted by Gasteiger charge is 2.22. The Hall–Kier alpha value is -4.21. The normalized spacial score (nSPS) is 11.0. The van der Waals surface area contributed by atoms with Gasteiger partial charge in [0.1, 0.15) is 17.3 Å². The maximum Gasteiger partial charge on any atom is 0.271 e. The summed E-state index contributed by atoms with van der Waals surface area (Å²) in [6.07, 6.45) is 0. The van der Waals surface area contributed by atoms with Gasteiger partial charge in [-0.05, 0) is 39.0 Å². The van der Waals surface area contributed by atoms with Crippen LogP contribution < -0.4 is 10.1 Å². The molecular formula is C21H18N4O6. The summed E-state index contributed by atoms with van der Waals surface area (Å²) in [4.78, 5) is 28.3. The highest BCUT2D eigenvalue weighted by molar-refractivity contribution is 6.13. The van der Waals surface area contributed by atoms with Crippen molar-refractivity contribution < 1.29 is 23.4 Å². The van der Waals surface area contributed by atoms with Gasteiger partial charge in [0, 0.05) is 17.7 Å². The van der Waals surface area contributed by atoms with Crippen LogP contribution in [0.2, 0.25) is 0 Å². The number of hydrogen-bond acceptors (Lipinski definition) is 8. The SMILES string of the molecule is COc1ccc([N+](=O)[O-])cc1NC(=O)c1cc(-c2cc(C)oc2C)nc2onc(C)c12. The molecule has 3 aromatic heterocycles. The van der Waals surface area contributed by atoms with Crippen molar-refractivity contribution in [1.82, 2.24) is 10.1 Å². The van der Waals surface area contributed by atoms with Crippen LogP contribution in [0.5, 0.6) is 5.75 Å². The van der Waals surface area contributed by atoms with E-state index in [1.165, 1.54) is 25.3 Å². The van der Waals surface area contributed by atoms with Crippen LogP contribution in [0.25, 0.3) is 22.4 Å². The maximum atomic E-state index is 13.2. The molecular weight excluding hydrogens is 404 g/mol. The van der Waals surface area contributed by atoms with E-state index < -0.39 is 10.8 Å². The number of pyridine rings is 1. The lowest BCUT2D eigenvalue weighted by molar-refractivity contribution is -0.384. The molecule has 1 aromatic carbocycles. The van der Waals surface area contributed by atoms with Crippen LogP contribution in [0.15, 0.2) is 39.3 Å². The summed E-state index contributed by atoms with van der Waals surface area (Å²) >= 11 is 0. The van der Waals surface area contributed by atoms with Crippen molar-refractivity contribution >= 4 is 28.4 Å². The fourth-order valence-corrected chi connectivity index (χ4v) is 3.39. The van der Waals surface area contributed by atoms with E-state index in [4.69, 9.17) is 13.7 Å². The minimum absolute atomic E-state index is 0.164. The second-order valence-electron chi connectivity index (χ2n) is 6.93. The van der Waals surface area contributed by atoms with Crippen molar-refractivity contribution in [2.45, 2.75) is 20.8 Å². The van der Waals surface area contributed by atoms with E-state index in [0.29, 0.717) is 28.3 Å². The highest BCUT2D eigenvalue weighted by Crippen LogP contribution is 2.33. The van der Waals surface area contributed by atoms with Crippen molar-refractivity contribution in [3.05, 3.63) is 63.2 Å². The Morgan fingerprint density at radius 1 is 1.19 bits per heavy atom. The maximum absolute atomic E-state index is 13.2. The van der Waals surface area contributed by atoms with E-state index in [0.717, 1.165) is 5.56 Å². The molecule has 0 saturated carbocycles. The zero-order chi connectivity index (χ0) is 22.3. The fraction of sp³-hybridized carbons (Fsp3) is 0.190. The number of non-ortho nitro benzene ring substituents is 1. The molecule has 0 aliphatic heterocycles. The lowest BCUT2D eigenvalue weighted by Crippen LogP contribution is -2.14. The molecule has 158 valence electrons. The molecule has 0 bridgehead atoms. The van der Waals surface area contributed by atoms with Gasteiger partial charge in [-0.3, -0.25) is 14.9 Å². The molecule has 10 heteroatoms. The van der Waals surface area contributed by atoms with E-state index in [9.17, 15) is 14.9 Å². The molecule has 10 nitrogen and oxygen atoms in total. The molecule has 4 rings (SSSR count). The van der Waals surface area contributed by atoms with Crippen molar-refractivity contribution in [1.29, 1.82) is 0 Å². The van der Waals surface area contributed by atoms with Crippen molar-refractivity contribution in [2.24, 2.45) is 0 Å². The largest absolute Gasteiger partial charge is 0.495 e. The average molecular weight is 422 g/mol. The molecule has 3 heterocycles. The summed E-state index contributed by atoms with van der Waals surface area (Å²) in [6, 6.07) is 7.38. The average Bonchev–Trinajstić information content (AvgIpc) is 3.28. The van der Waals surface area contributed by atoms with Gasteiger partial charge in [0.25, 0.3) is 17.3 Å². The van der Waals surface area contributed by atoms with Crippen LogP contribution in [0, 0.1) is 30.9 Å². The first-order valence-corrected chi connectivity index (χ1v) is 9.26. The van der Waals surface area contributed by atoms with E-state index >= 15 is 0 Å². The molecule has 0 atom stereocenters. The van der Waals surface area contributed by atoms with Crippen LogP contribution in [-0.2, 0) is 0 Å². The second-order valence-corrected chi connectivity index (χ2v) is 6.93. The van der Waals surface area contributed by atoms with Gasteiger partial charge in [0.15, 0.2) is 0 Å². The van der Waals surface area contributed by atoms with Gasteiger partial charge in [-0.1, -0.05) is 5.16 Å². The number of rotatable bonds is 5. The number of nitrogens with zero attached hydrogens (tertiary/aromatic N) is 3. The fourth-order valence-electron chi connectivity index (χ4n) is 3.39. The number of aryl methyl sites for hydroxylation is 3. The predicted molar refractivity (Wildman–Crippen MR) is 111 cm³/mol. The Kier molecular flexibility index (Phi) is 4.90. The minimum atomic E-state index is -0.550. The number of hydrogen-bond donors (Lipinski definition) is 1. The van der Waals surface area contributed by atoms with Crippen molar-refractivity contribution in [3.8, 4) is 17.0 Å². The lowest BCUT2D eigenvalue weighted by Gasteiger charge is -2.11. The molecule has 4 aromatic rings. The number of aromatic nitrogens is 2. The zero-order valence-corrected chi connectivity index (χ0v) is 17.2. The van der Waals surface area contributed by atoms with Gasteiger partial charge in [-0.15, -0.1) is 0 Å². The summed E-state index contributed by atoms with van der Waals surface area (Å²) in [5.74, 6) is 1.12. The van der Waals surface area contributed by atoms with Gasteiger partial charge in [-0.25, -0.2) is 4.98 Å². The minimum Gasteiger partial charge on any atom is -0.495 e. The van der Waals surface area contributed by atoms with E-state index in [2.05, 4.69) is 15.5 Å². The number of ether oxygens (including phenoxy) is 1. The zero-order valence-electron chi connectivity index (χ0n) is 17.2. The van der Waals surface area contributed by atoms with E-state index in [1.54, 1.807) is 19.9 Å². The molecule has 0 fully saturated rings. The Bertz CT molecular complexity index is 1340. The number of methoxy groups -OCH3 is 1. The number of benzene rings is 1. The van der Waals surface area contributed by atoms with Crippen LogP contribution in [0.1, 0.15) is 27.6 Å². The summed E-state index contributed by atoms with van der Waals surface area (Å²) in [5, 5.41) is 18.2. The Balaban J connectivity index is 1.83. The second kappa shape index (κ2) is 7.56. The number of fused-ring (bicyclic) bond motifs is 1. The molecule has 0 spiro atoms. The quantitative estimate of drug-likeness (QED) is 0.365. The monoisotopic (exact) mass is 422 g/mol. The number of carbonyl (C=O) groups excluding carboxylic acids is 1. The van der Waals surface area contributed by atoms with Gasteiger partial charge < -0.3 is 19.0 Å². The van der Waals surface area contributed by atoms with Crippen LogP contribution in [0.4, 0.5) is 11.4 Å². The molecule has 31 heavy (non-hydrogen) atoms. The van der Waals surface area contributed by atoms with Gasteiger partial charge in [0.05, 0.1) is 40.1 Å². The molecule has 0 saturated heterocycles. The Morgan fingerprint density at radius 3 is 2.61 bits per heavy atom. The molecule has 0 unspecified atom stereocenters. The smallest absolute Gasteiger partial charge is 0.271 e. The molecule has 1 N–H and O–H groups in total. The van der Waals surface area contributed by atoms with E-state index in [1.807, 2.05) is 13.0 Å². The number of amides is 1. The number of carbonyl (C=O) groups is 1. The van der Waals surface area contributed by atoms with Crippen LogP contribution in [-0.4, -0.2) is 28.1 Å². The summed E-state index contributed by atoms with van der Waals surface area (Å²) < 4.78 is 16.1. The lowest BCUT2D eigenvalue weighted by atomic mass is 10.1. The Morgan fingerprint density at radius 2 is 1.97 bits per heavy atom. The first-order valence-electron chi connectivity index (χ1n) is 9.26. The third kappa shape index (κ3) is 3.59. The van der Waals surface area contributed by atoms with Gasteiger partial charge in [-0.2, -0.15) is 0 Å². The third-order valence-electron chi connectivity index (χ3n) is 4.82. The topological polar surface area (TPSA) is 134 Å². The predicted octanol–water partition coefficient (Wildman–Crippen LogP) is 4.58. The number of nitrogens with one attached hydrogen (secondary N) is 1. The Labute approximate surface area is 176 Å². The standard InChI is InChI=1S/C21H18N4O6/c1-10-7-14(12(3)30-10)16-9-15(19-11(2)24-31-21(19)23-16)20(26)22-17-8-13(25(27)28)5-6-18(17)29-4/h5-9H,1-4H3,(H,22,26). The summed E-state index contributed by atoms with van der Waals surface area (Å²) in [5.41, 5.74) is 2.13. The first-order chi connectivity index (χ1) is 14.8. The summed E-state index contributed by atoms with van der Waals surface area (Å²) in [7, 11) is 1.41. The van der Waals surface area contributed by atoms with Gasteiger partial charge >= 0.3 is 0 Å². The molecule has 1 amide bonds. The van der Waals surface area contributed by atoms with Crippen molar-refractivity contribution in [3.63, 3.8) is 0 Å².